The molecule has 0 heterocycles. The van der Waals surface area contributed by atoms with Gasteiger partial charge in [-0.2, -0.15) is 5.26 Å². The van der Waals surface area contributed by atoms with E-state index in [9.17, 15) is 0 Å². The molecule has 0 unspecified atom stereocenters. The summed E-state index contributed by atoms with van der Waals surface area (Å²) in [5.41, 5.74) is 0. The molecule has 21 heavy (non-hydrogen) atoms. The van der Waals surface area contributed by atoms with Crippen molar-refractivity contribution in [3.63, 3.8) is 0 Å². The van der Waals surface area contributed by atoms with Crippen LogP contribution in [0.3, 0.4) is 0 Å². The second kappa shape index (κ2) is 9.29. The van der Waals surface area contributed by atoms with Gasteiger partial charge in [0.05, 0.1) is 6.07 Å². The largest absolute Gasteiger partial charge is 0.198 e. The topological polar surface area (TPSA) is 23.8 Å². The zero-order valence-electron chi connectivity index (χ0n) is 13.7. The molecule has 0 N–H and O–H groups in total. The van der Waals surface area contributed by atoms with Crippen molar-refractivity contribution >= 4 is 0 Å². The fourth-order valence-corrected chi connectivity index (χ4v) is 4.41. The van der Waals surface area contributed by atoms with E-state index in [1.807, 2.05) is 0 Å². The van der Waals surface area contributed by atoms with E-state index in [1.165, 1.54) is 70.6 Å². The maximum atomic E-state index is 8.96. The Morgan fingerprint density at radius 2 is 1.29 bits per heavy atom. The summed E-state index contributed by atoms with van der Waals surface area (Å²) in [5.74, 6) is 3.31. The van der Waals surface area contributed by atoms with Crippen molar-refractivity contribution in [2.45, 2.75) is 83.5 Å². The molecule has 0 spiro atoms. The van der Waals surface area contributed by atoms with Gasteiger partial charge in [-0.15, -0.1) is 6.58 Å². The van der Waals surface area contributed by atoms with Crippen LogP contribution >= 0.6 is 0 Å². The van der Waals surface area contributed by atoms with E-state index >= 15 is 0 Å². The van der Waals surface area contributed by atoms with Crippen LogP contribution in [0.5, 0.6) is 0 Å². The van der Waals surface area contributed by atoms with E-state index in [2.05, 4.69) is 18.7 Å². The van der Waals surface area contributed by atoms with Crippen LogP contribution in [0.1, 0.15) is 83.5 Å². The quantitative estimate of drug-likeness (QED) is 0.400. The summed E-state index contributed by atoms with van der Waals surface area (Å²) in [6.45, 7) is 3.82. The minimum absolute atomic E-state index is 0.368. The van der Waals surface area contributed by atoms with Crippen molar-refractivity contribution in [2.24, 2.45) is 23.7 Å². The predicted octanol–water partition coefficient (Wildman–Crippen LogP) is 6.26. The van der Waals surface area contributed by atoms with Gasteiger partial charge in [0.15, 0.2) is 0 Å². The molecule has 0 bridgehead atoms. The highest BCUT2D eigenvalue weighted by Crippen LogP contribution is 2.37. The molecule has 0 aromatic rings. The number of hydrogen-bond donors (Lipinski definition) is 0. The van der Waals surface area contributed by atoms with Gasteiger partial charge in [-0.1, -0.05) is 51.0 Å². The Morgan fingerprint density at radius 3 is 1.76 bits per heavy atom. The molecule has 0 aromatic heterocycles. The molecule has 1 heteroatoms. The lowest BCUT2D eigenvalue weighted by Crippen LogP contribution is -2.17. The Bertz CT molecular complexity index is 324. The van der Waals surface area contributed by atoms with Crippen molar-refractivity contribution < 1.29 is 0 Å². The molecule has 2 fully saturated rings. The van der Waals surface area contributed by atoms with E-state index in [-0.39, 0.29) is 0 Å². The first kappa shape index (κ1) is 16.6. The summed E-state index contributed by atoms with van der Waals surface area (Å²) in [7, 11) is 0. The summed E-state index contributed by atoms with van der Waals surface area (Å²) in [6.07, 6.45) is 19.8. The van der Waals surface area contributed by atoms with Crippen LogP contribution in [0.2, 0.25) is 0 Å². The summed E-state index contributed by atoms with van der Waals surface area (Å²) in [6, 6.07) is 2.45. The number of nitriles is 1. The molecule has 1 nitrogen and oxygen atoms in total. The molecule has 0 aromatic carbocycles. The summed E-state index contributed by atoms with van der Waals surface area (Å²) >= 11 is 0. The summed E-state index contributed by atoms with van der Waals surface area (Å²) < 4.78 is 0. The highest BCUT2D eigenvalue weighted by Gasteiger charge is 2.24. The molecule has 2 rings (SSSR count). The number of nitrogens with zero attached hydrogens (tertiary/aromatic N) is 1. The van der Waals surface area contributed by atoms with Gasteiger partial charge >= 0.3 is 0 Å². The van der Waals surface area contributed by atoms with Crippen molar-refractivity contribution in [1.29, 1.82) is 5.26 Å². The number of rotatable bonds is 7. The van der Waals surface area contributed by atoms with Gasteiger partial charge in [-0.05, 0) is 56.3 Å². The summed E-state index contributed by atoms with van der Waals surface area (Å²) in [5, 5.41) is 8.96. The molecule has 2 saturated carbocycles. The Hall–Kier alpha value is -0.770. The number of allylic oxidation sites excluding steroid dienone is 1. The maximum absolute atomic E-state index is 8.96. The van der Waals surface area contributed by atoms with Gasteiger partial charge in [0, 0.05) is 5.92 Å². The zero-order valence-corrected chi connectivity index (χ0v) is 13.7. The molecular weight excluding hydrogens is 254 g/mol. The molecule has 0 saturated heterocycles. The van der Waals surface area contributed by atoms with Gasteiger partial charge in [-0.25, -0.2) is 0 Å². The molecule has 118 valence electrons. The highest BCUT2D eigenvalue weighted by molar-refractivity contribution is 4.87. The van der Waals surface area contributed by atoms with Gasteiger partial charge in [0.1, 0.15) is 0 Å². The fraction of sp³-hybridized carbons (Fsp3) is 0.850. The minimum Gasteiger partial charge on any atom is -0.198 e. The van der Waals surface area contributed by atoms with Crippen molar-refractivity contribution in [3.8, 4) is 6.07 Å². The molecule has 0 amide bonds. The fourth-order valence-electron chi connectivity index (χ4n) is 4.41. The Balaban J connectivity index is 1.55. The average Bonchev–Trinajstić information content (AvgIpc) is 2.55. The lowest BCUT2D eigenvalue weighted by molar-refractivity contribution is 0.221. The van der Waals surface area contributed by atoms with E-state index < -0.39 is 0 Å². The van der Waals surface area contributed by atoms with E-state index in [1.54, 1.807) is 0 Å². The van der Waals surface area contributed by atoms with Crippen LogP contribution < -0.4 is 0 Å². The minimum atomic E-state index is 0.368. The Kier molecular flexibility index (Phi) is 7.34. The van der Waals surface area contributed by atoms with Crippen LogP contribution in [-0.4, -0.2) is 0 Å². The molecular formula is C20H33N. The van der Waals surface area contributed by atoms with Crippen LogP contribution in [0.25, 0.3) is 0 Å². The first-order valence-electron chi connectivity index (χ1n) is 9.32. The van der Waals surface area contributed by atoms with Crippen LogP contribution in [0, 0.1) is 35.0 Å². The van der Waals surface area contributed by atoms with Crippen molar-refractivity contribution in [1.82, 2.24) is 0 Å². The first-order chi connectivity index (χ1) is 10.3. The lowest BCUT2D eigenvalue weighted by atomic mass is 9.75. The van der Waals surface area contributed by atoms with Crippen LogP contribution in [0.15, 0.2) is 12.7 Å². The number of unbranched alkanes of at least 4 members (excludes halogenated alkanes) is 1. The third-order valence-electron chi connectivity index (χ3n) is 6.00. The summed E-state index contributed by atoms with van der Waals surface area (Å²) in [4.78, 5) is 0. The van der Waals surface area contributed by atoms with E-state index in [0.717, 1.165) is 30.6 Å². The zero-order chi connectivity index (χ0) is 14.9. The third-order valence-corrected chi connectivity index (χ3v) is 6.00. The lowest BCUT2D eigenvalue weighted by Gasteiger charge is -2.31. The monoisotopic (exact) mass is 287 g/mol. The predicted molar refractivity (Wildman–Crippen MR) is 89.8 cm³/mol. The Morgan fingerprint density at radius 1 is 0.810 bits per heavy atom. The van der Waals surface area contributed by atoms with Gasteiger partial charge in [0.2, 0.25) is 0 Å². The van der Waals surface area contributed by atoms with Crippen LogP contribution in [0.4, 0.5) is 0 Å². The standard InChI is InChI=1S/C20H33N/c1-2-3-4-5-17-6-8-18(9-7-17)10-11-19-12-14-20(16-21)15-13-19/h2,17-20H,1,3-15H2/t17-,18-,19-,20-. The highest BCUT2D eigenvalue weighted by atomic mass is 14.3. The molecule has 2 aliphatic rings. The van der Waals surface area contributed by atoms with Gasteiger partial charge in [-0.3, -0.25) is 0 Å². The Labute approximate surface area is 131 Å². The van der Waals surface area contributed by atoms with Gasteiger partial charge < -0.3 is 0 Å². The second-order valence-corrected chi connectivity index (χ2v) is 7.53. The molecule has 0 aliphatic heterocycles. The van der Waals surface area contributed by atoms with Gasteiger partial charge in [0.25, 0.3) is 0 Å². The van der Waals surface area contributed by atoms with E-state index in [0.29, 0.717) is 5.92 Å². The molecule has 0 atom stereocenters. The maximum Gasteiger partial charge on any atom is 0.0655 e. The smallest absolute Gasteiger partial charge is 0.0655 e. The third kappa shape index (κ3) is 5.85. The van der Waals surface area contributed by atoms with Crippen LogP contribution in [-0.2, 0) is 0 Å². The SMILES string of the molecule is C=CCCC[C@H]1CC[C@H](CC[C@H]2CC[C@H](C#N)CC2)CC1. The molecule has 0 radical (unpaired) electrons. The normalized spacial score (nSPS) is 33.3. The van der Waals surface area contributed by atoms with E-state index in [4.69, 9.17) is 5.26 Å². The first-order valence-corrected chi connectivity index (χ1v) is 9.32. The average molecular weight is 287 g/mol. The second-order valence-electron chi connectivity index (χ2n) is 7.53. The number of hydrogen-bond acceptors (Lipinski definition) is 1. The van der Waals surface area contributed by atoms with Crippen molar-refractivity contribution in [2.75, 3.05) is 0 Å². The van der Waals surface area contributed by atoms with Crippen molar-refractivity contribution in [3.05, 3.63) is 12.7 Å². The molecule has 2 aliphatic carbocycles.